The van der Waals surface area contributed by atoms with Gasteiger partial charge in [-0.3, -0.25) is 14.3 Å². The zero-order valence-electron chi connectivity index (χ0n) is 20.2. The third kappa shape index (κ3) is 6.85. The van der Waals surface area contributed by atoms with Crippen molar-refractivity contribution >= 4 is 11.8 Å². The number of aryl methyl sites for hydroxylation is 2. The van der Waals surface area contributed by atoms with Gasteiger partial charge in [-0.25, -0.2) is 4.98 Å². The Morgan fingerprint density at radius 2 is 2.03 bits per heavy atom. The molecule has 0 saturated heterocycles. The average molecular weight is 457 g/mol. The zero-order valence-corrected chi connectivity index (χ0v) is 20.2. The second kappa shape index (κ2) is 11.4. The van der Waals surface area contributed by atoms with Gasteiger partial charge in [0.2, 0.25) is 0 Å². The van der Waals surface area contributed by atoms with Crippen molar-refractivity contribution in [3.05, 3.63) is 23.5 Å². The normalized spacial score (nSPS) is 18.5. The first kappa shape index (κ1) is 24.9. The molecule has 2 heterocycles. The number of hydrogen-bond donors (Lipinski definition) is 1. The molecule has 0 aromatic carbocycles. The van der Waals surface area contributed by atoms with Crippen molar-refractivity contribution in [2.45, 2.75) is 84.7 Å². The molecule has 0 bridgehead atoms. The van der Waals surface area contributed by atoms with Crippen molar-refractivity contribution < 1.29 is 19.4 Å². The summed E-state index contributed by atoms with van der Waals surface area (Å²) in [5.41, 5.74) is 3.15. The van der Waals surface area contributed by atoms with Crippen LogP contribution in [-0.4, -0.2) is 42.9 Å². The summed E-state index contributed by atoms with van der Waals surface area (Å²) in [5, 5.41) is 17.8. The topological polar surface area (TPSA) is 107 Å². The molecular formula is C25H36N4O4. The van der Waals surface area contributed by atoms with E-state index in [0.29, 0.717) is 49.6 Å². The van der Waals surface area contributed by atoms with Gasteiger partial charge in [-0.1, -0.05) is 19.1 Å². The second-order valence-electron chi connectivity index (χ2n) is 9.55. The second-order valence-corrected chi connectivity index (χ2v) is 9.55. The Balaban J connectivity index is 1.64. The largest absolute Gasteiger partial charge is 0.489 e. The summed E-state index contributed by atoms with van der Waals surface area (Å²) >= 11 is 0. The summed E-state index contributed by atoms with van der Waals surface area (Å²) in [7, 11) is 1.86. The maximum atomic E-state index is 12.1. The molecule has 1 aliphatic rings. The van der Waals surface area contributed by atoms with E-state index in [-0.39, 0.29) is 12.0 Å². The number of aromatic nitrogens is 4. The van der Waals surface area contributed by atoms with Crippen LogP contribution < -0.4 is 4.74 Å². The highest BCUT2D eigenvalue weighted by Gasteiger charge is 2.28. The SMILES string of the molecule is Cc1nc(-c2nnn(C)c2CCCC(=O)CCC(C)C)ccc1O[C@H]1CCC[C@H](C(=O)O)C1. The van der Waals surface area contributed by atoms with Crippen LogP contribution in [0.25, 0.3) is 11.4 Å². The first-order valence-corrected chi connectivity index (χ1v) is 12.0. The van der Waals surface area contributed by atoms with Gasteiger partial charge in [-0.2, -0.15) is 0 Å². The highest BCUT2D eigenvalue weighted by Crippen LogP contribution is 2.30. The Morgan fingerprint density at radius 1 is 1.24 bits per heavy atom. The molecule has 180 valence electrons. The predicted molar refractivity (Wildman–Crippen MR) is 125 cm³/mol. The lowest BCUT2D eigenvalue weighted by Crippen LogP contribution is -2.29. The quantitative estimate of drug-likeness (QED) is 0.529. The number of Topliss-reactive ketones (excluding diaryl/α,β-unsaturated/α-hetero) is 1. The molecule has 0 amide bonds. The Kier molecular flexibility index (Phi) is 8.58. The van der Waals surface area contributed by atoms with Crippen LogP contribution >= 0.6 is 0 Å². The molecule has 0 aliphatic heterocycles. The third-order valence-electron chi connectivity index (χ3n) is 6.36. The van der Waals surface area contributed by atoms with Crippen molar-refractivity contribution in [2.75, 3.05) is 0 Å². The zero-order chi connectivity index (χ0) is 24.0. The summed E-state index contributed by atoms with van der Waals surface area (Å²) in [5.74, 6) is 0.445. The van der Waals surface area contributed by atoms with Gasteiger partial charge >= 0.3 is 5.97 Å². The van der Waals surface area contributed by atoms with Crippen LogP contribution in [0.4, 0.5) is 0 Å². The first-order valence-electron chi connectivity index (χ1n) is 12.0. The van der Waals surface area contributed by atoms with Gasteiger partial charge in [0.1, 0.15) is 17.2 Å². The van der Waals surface area contributed by atoms with E-state index in [0.717, 1.165) is 48.5 Å². The van der Waals surface area contributed by atoms with Gasteiger partial charge in [-0.05, 0) is 69.9 Å². The van der Waals surface area contributed by atoms with E-state index in [1.807, 2.05) is 26.1 Å². The Morgan fingerprint density at radius 3 is 2.73 bits per heavy atom. The average Bonchev–Trinajstić information content (AvgIpc) is 3.14. The number of aliphatic carboxylic acids is 1. The Hall–Kier alpha value is -2.77. The van der Waals surface area contributed by atoms with Gasteiger partial charge in [0.15, 0.2) is 0 Å². The van der Waals surface area contributed by atoms with Gasteiger partial charge in [0, 0.05) is 19.9 Å². The summed E-state index contributed by atoms with van der Waals surface area (Å²) < 4.78 is 7.87. The predicted octanol–water partition coefficient (Wildman–Crippen LogP) is 4.54. The Labute approximate surface area is 195 Å². The minimum Gasteiger partial charge on any atom is -0.489 e. The number of carbonyl (C=O) groups is 2. The van der Waals surface area contributed by atoms with Crippen LogP contribution in [0.3, 0.4) is 0 Å². The lowest BCUT2D eigenvalue weighted by molar-refractivity contribution is -0.143. The maximum Gasteiger partial charge on any atom is 0.306 e. The van der Waals surface area contributed by atoms with Crippen molar-refractivity contribution in [3.8, 4) is 17.1 Å². The van der Waals surface area contributed by atoms with E-state index in [1.54, 1.807) is 4.68 Å². The molecule has 1 aliphatic carbocycles. The lowest BCUT2D eigenvalue weighted by Gasteiger charge is -2.27. The molecule has 33 heavy (non-hydrogen) atoms. The van der Waals surface area contributed by atoms with E-state index in [2.05, 4.69) is 24.2 Å². The van der Waals surface area contributed by atoms with Crippen molar-refractivity contribution in [1.82, 2.24) is 20.0 Å². The van der Waals surface area contributed by atoms with Crippen molar-refractivity contribution in [3.63, 3.8) is 0 Å². The highest BCUT2D eigenvalue weighted by atomic mass is 16.5. The fraction of sp³-hybridized carbons (Fsp3) is 0.640. The number of rotatable bonds is 11. The highest BCUT2D eigenvalue weighted by molar-refractivity contribution is 5.78. The Bertz CT molecular complexity index is 969. The van der Waals surface area contributed by atoms with Crippen LogP contribution in [0, 0.1) is 18.8 Å². The molecule has 8 nitrogen and oxygen atoms in total. The first-order chi connectivity index (χ1) is 15.7. The molecule has 2 aromatic rings. The van der Waals surface area contributed by atoms with Gasteiger partial charge in [0.05, 0.1) is 29.1 Å². The molecule has 0 radical (unpaired) electrons. The molecule has 8 heteroatoms. The van der Waals surface area contributed by atoms with E-state index >= 15 is 0 Å². The third-order valence-corrected chi connectivity index (χ3v) is 6.36. The van der Waals surface area contributed by atoms with Crippen LogP contribution in [0.5, 0.6) is 5.75 Å². The maximum absolute atomic E-state index is 12.1. The lowest BCUT2D eigenvalue weighted by atomic mass is 9.87. The van der Waals surface area contributed by atoms with E-state index in [9.17, 15) is 14.7 Å². The smallest absolute Gasteiger partial charge is 0.306 e. The molecule has 2 atom stereocenters. The number of ketones is 1. The number of pyridine rings is 1. The van der Waals surface area contributed by atoms with Crippen LogP contribution in [0.2, 0.25) is 0 Å². The molecule has 1 N–H and O–H groups in total. The standard InChI is InChI=1S/C25H36N4O4/c1-16(2)11-12-19(30)8-6-10-22-24(27-28-29(22)4)21-13-14-23(17(3)26-21)33-20-9-5-7-18(15-20)25(31)32/h13-14,16,18,20H,5-12,15H2,1-4H3,(H,31,32)/t18-,20-/m0/s1. The summed E-state index contributed by atoms with van der Waals surface area (Å²) in [6.07, 6.45) is 6.47. The molecule has 1 fully saturated rings. The van der Waals surface area contributed by atoms with Crippen LogP contribution in [0.1, 0.15) is 76.6 Å². The van der Waals surface area contributed by atoms with E-state index < -0.39 is 5.97 Å². The van der Waals surface area contributed by atoms with Crippen LogP contribution in [0.15, 0.2) is 12.1 Å². The van der Waals surface area contributed by atoms with Gasteiger partial charge in [0.25, 0.3) is 0 Å². The number of ether oxygens (including phenoxy) is 1. The summed E-state index contributed by atoms with van der Waals surface area (Å²) in [6, 6.07) is 3.76. The number of nitrogens with zero attached hydrogens (tertiary/aromatic N) is 4. The molecule has 2 aromatic heterocycles. The number of carboxylic acids is 1. The molecular weight excluding hydrogens is 420 g/mol. The molecule has 3 rings (SSSR count). The van der Waals surface area contributed by atoms with Crippen LogP contribution in [-0.2, 0) is 23.1 Å². The van der Waals surface area contributed by atoms with E-state index in [4.69, 9.17) is 9.72 Å². The van der Waals surface area contributed by atoms with Crippen molar-refractivity contribution in [2.24, 2.45) is 18.9 Å². The monoisotopic (exact) mass is 456 g/mol. The minimum atomic E-state index is -0.745. The van der Waals surface area contributed by atoms with E-state index in [1.165, 1.54) is 0 Å². The fourth-order valence-corrected chi connectivity index (χ4v) is 4.34. The van der Waals surface area contributed by atoms with Gasteiger partial charge in [-0.15, -0.1) is 5.10 Å². The van der Waals surface area contributed by atoms with Crippen molar-refractivity contribution in [1.29, 1.82) is 0 Å². The molecule has 1 saturated carbocycles. The molecule has 0 unspecified atom stereocenters. The number of carboxylic acid groups (broad SMARTS) is 1. The number of hydrogen-bond acceptors (Lipinski definition) is 6. The number of carbonyl (C=O) groups excluding carboxylic acids is 1. The van der Waals surface area contributed by atoms with Gasteiger partial charge < -0.3 is 9.84 Å². The summed E-state index contributed by atoms with van der Waals surface area (Å²) in [6.45, 7) is 6.15. The summed E-state index contributed by atoms with van der Waals surface area (Å²) in [4.78, 5) is 28.2. The minimum absolute atomic E-state index is 0.105. The fourth-order valence-electron chi connectivity index (χ4n) is 4.34. The molecule has 0 spiro atoms.